The number of hydrogen-bond acceptors (Lipinski definition) is 1. The van der Waals surface area contributed by atoms with Crippen molar-refractivity contribution in [2.45, 2.75) is 32.1 Å². The second-order valence-corrected chi connectivity index (χ2v) is 8.83. The smallest absolute Gasteiger partial charge is 0.0674 e. The third-order valence-corrected chi connectivity index (χ3v) is 7.29. The van der Waals surface area contributed by atoms with Crippen molar-refractivity contribution in [3.8, 4) is 0 Å². The molecule has 4 aromatic carbocycles. The molecule has 7 rings (SSSR count). The molecule has 1 heteroatoms. The SMILES string of the molecule is Cc1ccc2c(C)cc3c4c2c1C(c1ccccc1)C1=Nc2cccc(c2C14)C3. The first-order chi connectivity index (χ1) is 14.2. The van der Waals surface area contributed by atoms with Crippen LogP contribution in [0.5, 0.6) is 0 Å². The van der Waals surface area contributed by atoms with E-state index in [-0.39, 0.29) is 5.92 Å². The third-order valence-electron chi connectivity index (χ3n) is 7.29. The van der Waals surface area contributed by atoms with E-state index in [1.807, 2.05) is 0 Å². The summed E-state index contributed by atoms with van der Waals surface area (Å²) in [5, 5.41) is 2.91. The van der Waals surface area contributed by atoms with Gasteiger partial charge < -0.3 is 0 Å². The van der Waals surface area contributed by atoms with Gasteiger partial charge in [-0.25, -0.2) is 0 Å². The van der Waals surface area contributed by atoms with Crippen molar-refractivity contribution in [1.29, 1.82) is 0 Å². The predicted molar refractivity (Wildman–Crippen MR) is 120 cm³/mol. The molecular weight excluding hydrogens is 350 g/mol. The number of aliphatic imine (C=N–C) groups is 1. The van der Waals surface area contributed by atoms with Gasteiger partial charge in [-0.1, -0.05) is 60.7 Å². The minimum atomic E-state index is 0.227. The van der Waals surface area contributed by atoms with Crippen LogP contribution in [0.2, 0.25) is 0 Å². The molecule has 4 aromatic rings. The fraction of sp³-hybridized carbons (Fsp3) is 0.179. The zero-order valence-electron chi connectivity index (χ0n) is 16.7. The van der Waals surface area contributed by atoms with Crippen molar-refractivity contribution >= 4 is 22.2 Å². The van der Waals surface area contributed by atoms with Crippen molar-refractivity contribution in [2.75, 3.05) is 0 Å². The Morgan fingerprint density at radius 2 is 1.59 bits per heavy atom. The Bertz CT molecular complexity index is 1390. The Morgan fingerprint density at radius 1 is 0.724 bits per heavy atom. The van der Waals surface area contributed by atoms with Gasteiger partial charge in [-0.05, 0) is 81.6 Å². The van der Waals surface area contributed by atoms with Gasteiger partial charge in [0.2, 0.25) is 0 Å². The molecule has 1 aliphatic heterocycles. The molecule has 0 fully saturated rings. The maximum atomic E-state index is 5.29. The lowest BCUT2D eigenvalue weighted by Crippen LogP contribution is -2.29. The van der Waals surface area contributed by atoms with E-state index in [0.717, 1.165) is 6.42 Å². The fourth-order valence-corrected chi connectivity index (χ4v) is 6.16. The Morgan fingerprint density at radius 3 is 2.45 bits per heavy atom. The van der Waals surface area contributed by atoms with Gasteiger partial charge in [0.1, 0.15) is 0 Å². The molecule has 2 unspecified atom stereocenters. The minimum absolute atomic E-state index is 0.227. The van der Waals surface area contributed by atoms with Crippen LogP contribution in [0.15, 0.2) is 71.7 Å². The Balaban J connectivity index is 1.70. The first-order valence-electron chi connectivity index (χ1n) is 10.5. The van der Waals surface area contributed by atoms with Crippen LogP contribution >= 0.6 is 0 Å². The number of nitrogens with zero attached hydrogens (tertiary/aromatic N) is 1. The summed E-state index contributed by atoms with van der Waals surface area (Å²) in [6.07, 6.45) is 1.03. The summed E-state index contributed by atoms with van der Waals surface area (Å²) in [6, 6.07) is 24.8. The van der Waals surface area contributed by atoms with Crippen molar-refractivity contribution in [1.82, 2.24) is 0 Å². The normalized spacial score (nSPS) is 20.1. The number of hydrogen-bond donors (Lipinski definition) is 0. The zero-order valence-corrected chi connectivity index (χ0v) is 16.7. The third kappa shape index (κ3) is 1.84. The maximum Gasteiger partial charge on any atom is 0.0674 e. The van der Waals surface area contributed by atoms with Crippen molar-refractivity contribution in [3.05, 3.63) is 111 Å². The molecule has 138 valence electrons. The van der Waals surface area contributed by atoms with E-state index < -0.39 is 0 Å². The molecule has 0 aromatic heterocycles. The van der Waals surface area contributed by atoms with E-state index in [1.54, 1.807) is 0 Å². The molecule has 0 saturated carbocycles. The molecule has 3 aliphatic rings. The maximum absolute atomic E-state index is 5.29. The topological polar surface area (TPSA) is 12.4 Å². The quantitative estimate of drug-likeness (QED) is 0.352. The van der Waals surface area contributed by atoms with E-state index in [1.165, 1.54) is 66.7 Å². The van der Waals surface area contributed by atoms with Gasteiger partial charge >= 0.3 is 0 Å². The highest BCUT2D eigenvalue weighted by atomic mass is 14.8. The van der Waals surface area contributed by atoms with Crippen LogP contribution in [0.4, 0.5) is 5.69 Å². The average molecular weight is 371 g/mol. The molecule has 1 nitrogen and oxygen atoms in total. The van der Waals surface area contributed by atoms with Crippen LogP contribution in [-0.4, -0.2) is 5.71 Å². The first-order valence-corrected chi connectivity index (χ1v) is 10.5. The molecule has 0 bridgehead atoms. The van der Waals surface area contributed by atoms with E-state index in [0.29, 0.717) is 5.92 Å². The monoisotopic (exact) mass is 371 g/mol. The molecule has 0 amide bonds. The van der Waals surface area contributed by atoms with Gasteiger partial charge in [0.05, 0.1) is 11.6 Å². The summed E-state index contributed by atoms with van der Waals surface area (Å²) in [4.78, 5) is 5.29. The van der Waals surface area contributed by atoms with E-state index in [9.17, 15) is 0 Å². The number of rotatable bonds is 1. The summed E-state index contributed by atoms with van der Waals surface area (Å²) in [5.74, 6) is 0.540. The van der Waals surface area contributed by atoms with E-state index in [4.69, 9.17) is 4.99 Å². The highest BCUT2D eigenvalue weighted by Gasteiger charge is 2.45. The lowest BCUT2D eigenvalue weighted by molar-refractivity contribution is 0.909. The summed E-state index contributed by atoms with van der Waals surface area (Å²) in [5.41, 5.74) is 14.1. The Labute approximate surface area is 170 Å². The Hall–Kier alpha value is -3.19. The lowest BCUT2D eigenvalue weighted by Gasteiger charge is -2.37. The molecule has 29 heavy (non-hydrogen) atoms. The molecule has 0 spiro atoms. The molecule has 0 radical (unpaired) electrons. The largest absolute Gasteiger partial charge is 0.255 e. The molecule has 0 N–H and O–H groups in total. The minimum Gasteiger partial charge on any atom is -0.255 e. The zero-order chi connectivity index (χ0) is 19.3. The second-order valence-electron chi connectivity index (χ2n) is 8.83. The van der Waals surface area contributed by atoms with E-state index in [2.05, 4.69) is 80.6 Å². The van der Waals surface area contributed by atoms with Gasteiger partial charge in [0, 0.05) is 11.6 Å². The van der Waals surface area contributed by atoms with Crippen molar-refractivity contribution in [2.24, 2.45) is 4.99 Å². The van der Waals surface area contributed by atoms with Crippen LogP contribution in [0.3, 0.4) is 0 Å². The molecule has 0 saturated heterocycles. The highest BCUT2D eigenvalue weighted by Crippen LogP contribution is 2.57. The number of benzene rings is 4. The highest BCUT2D eigenvalue weighted by molar-refractivity contribution is 6.15. The van der Waals surface area contributed by atoms with Gasteiger partial charge in [-0.2, -0.15) is 0 Å². The molecule has 1 heterocycles. The van der Waals surface area contributed by atoms with Gasteiger partial charge in [0.15, 0.2) is 0 Å². The molecule has 2 atom stereocenters. The van der Waals surface area contributed by atoms with Crippen LogP contribution in [0.1, 0.15) is 56.3 Å². The van der Waals surface area contributed by atoms with Crippen LogP contribution in [-0.2, 0) is 6.42 Å². The second kappa shape index (κ2) is 5.24. The summed E-state index contributed by atoms with van der Waals surface area (Å²) in [6.45, 7) is 4.55. The summed E-state index contributed by atoms with van der Waals surface area (Å²) < 4.78 is 0. The molecular formula is C28H21N. The summed E-state index contributed by atoms with van der Waals surface area (Å²) >= 11 is 0. The Kier molecular flexibility index (Phi) is 2.84. The van der Waals surface area contributed by atoms with E-state index >= 15 is 0 Å². The van der Waals surface area contributed by atoms with Gasteiger partial charge in [-0.15, -0.1) is 0 Å². The van der Waals surface area contributed by atoms with Crippen LogP contribution in [0.25, 0.3) is 10.8 Å². The van der Waals surface area contributed by atoms with Crippen LogP contribution < -0.4 is 0 Å². The van der Waals surface area contributed by atoms with Crippen LogP contribution in [0, 0.1) is 13.8 Å². The van der Waals surface area contributed by atoms with Gasteiger partial charge in [-0.3, -0.25) is 4.99 Å². The molecule has 2 aliphatic carbocycles. The predicted octanol–water partition coefficient (Wildman–Crippen LogP) is 6.72. The fourth-order valence-electron chi connectivity index (χ4n) is 6.16. The average Bonchev–Trinajstić information content (AvgIpc) is 3.12. The van der Waals surface area contributed by atoms with Gasteiger partial charge in [0.25, 0.3) is 0 Å². The first kappa shape index (κ1) is 15.7. The lowest BCUT2D eigenvalue weighted by atomic mass is 9.64. The van der Waals surface area contributed by atoms with Crippen molar-refractivity contribution < 1.29 is 0 Å². The van der Waals surface area contributed by atoms with Crippen molar-refractivity contribution in [3.63, 3.8) is 0 Å². The standard InChI is InChI=1S/C28H21N/c1-15-11-12-20-16(2)13-19-14-18-9-6-10-21-23(18)27-24(19)26(20)22(15)25(28(27)29-21)17-7-4-3-5-8-17/h3-13,25,27H,14H2,1-2H3. The number of aryl methyl sites for hydroxylation is 2. The summed E-state index contributed by atoms with van der Waals surface area (Å²) in [7, 11) is 0.